The van der Waals surface area contributed by atoms with Crippen molar-refractivity contribution < 1.29 is 14.3 Å². The molecular weight excluding hydrogens is 294 g/mol. The molecular formula is C17H27N3O3. The monoisotopic (exact) mass is 321 g/mol. The fraction of sp³-hybridized carbons (Fsp3) is 0.529. The van der Waals surface area contributed by atoms with Gasteiger partial charge in [0.1, 0.15) is 5.75 Å². The lowest BCUT2D eigenvalue weighted by Gasteiger charge is -2.17. The van der Waals surface area contributed by atoms with E-state index >= 15 is 0 Å². The Bertz CT molecular complexity index is 484. The summed E-state index contributed by atoms with van der Waals surface area (Å²) in [5, 5.41) is 5.27. The second kappa shape index (κ2) is 10.6. The molecule has 1 aromatic carbocycles. The fourth-order valence-electron chi connectivity index (χ4n) is 2.14. The predicted molar refractivity (Wildman–Crippen MR) is 90.5 cm³/mol. The Kier molecular flexibility index (Phi) is 8.75. The molecule has 0 heterocycles. The van der Waals surface area contributed by atoms with Crippen molar-refractivity contribution >= 4 is 11.8 Å². The average Bonchev–Trinajstić information content (AvgIpc) is 2.59. The number of benzene rings is 1. The van der Waals surface area contributed by atoms with Crippen LogP contribution in [0.25, 0.3) is 0 Å². The molecule has 0 atom stereocenters. The number of hydrogen-bond acceptors (Lipinski definition) is 4. The number of methoxy groups -OCH3 is 1. The molecule has 1 rings (SSSR count). The Labute approximate surface area is 138 Å². The van der Waals surface area contributed by atoms with Gasteiger partial charge in [0.25, 0.3) is 0 Å². The highest BCUT2D eigenvalue weighted by atomic mass is 16.5. The van der Waals surface area contributed by atoms with E-state index in [9.17, 15) is 9.59 Å². The van der Waals surface area contributed by atoms with Gasteiger partial charge in [-0.25, -0.2) is 0 Å². The molecule has 2 N–H and O–H groups in total. The van der Waals surface area contributed by atoms with E-state index in [1.165, 1.54) is 0 Å². The molecule has 6 nitrogen and oxygen atoms in total. The van der Waals surface area contributed by atoms with Gasteiger partial charge in [-0.05, 0) is 37.2 Å². The molecule has 0 aliphatic rings. The normalized spacial score (nSPS) is 10.4. The minimum Gasteiger partial charge on any atom is -0.497 e. The number of amides is 2. The van der Waals surface area contributed by atoms with Crippen molar-refractivity contribution in [2.24, 2.45) is 0 Å². The lowest BCUT2D eigenvalue weighted by Crippen LogP contribution is -2.43. The van der Waals surface area contributed by atoms with Crippen molar-refractivity contribution in [2.75, 3.05) is 39.8 Å². The van der Waals surface area contributed by atoms with Gasteiger partial charge in [0.15, 0.2) is 0 Å². The van der Waals surface area contributed by atoms with Crippen molar-refractivity contribution in [1.29, 1.82) is 0 Å². The number of nitrogens with one attached hydrogen (secondary N) is 2. The zero-order valence-electron chi connectivity index (χ0n) is 14.2. The number of carbonyl (C=O) groups excluding carboxylic acids is 2. The van der Waals surface area contributed by atoms with Gasteiger partial charge in [0.05, 0.1) is 7.11 Å². The van der Waals surface area contributed by atoms with Crippen LogP contribution in [0.4, 0.5) is 0 Å². The van der Waals surface area contributed by atoms with Crippen molar-refractivity contribution in [2.45, 2.75) is 20.3 Å². The zero-order valence-corrected chi connectivity index (χ0v) is 14.2. The molecule has 128 valence electrons. The minimum atomic E-state index is -0.585. The van der Waals surface area contributed by atoms with Gasteiger partial charge in [-0.1, -0.05) is 26.0 Å². The summed E-state index contributed by atoms with van der Waals surface area (Å²) in [4.78, 5) is 25.5. The van der Waals surface area contributed by atoms with Gasteiger partial charge >= 0.3 is 11.8 Å². The molecule has 0 saturated carbocycles. The summed E-state index contributed by atoms with van der Waals surface area (Å²) in [5.41, 5.74) is 1.08. The fourth-order valence-corrected chi connectivity index (χ4v) is 2.14. The predicted octanol–water partition coefficient (Wildman–Crippen LogP) is 0.812. The highest BCUT2D eigenvalue weighted by molar-refractivity contribution is 6.35. The van der Waals surface area contributed by atoms with Crippen molar-refractivity contribution in [3.63, 3.8) is 0 Å². The highest BCUT2D eigenvalue weighted by Gasteiger charge is 2.12. The first-order valence-corrected chi connectivity index (χ1v) is 8.02. The number of hydrogen-bond donors (Lipinski definition) is 2. The first kappa shape index (κ1) is 19.0. The van der Waals surface area contributed by atoms with Gasteiger partial charge in [-0.3, -0.25) is 9.59 Å². The molecule has 0 fully saturated rings. The van der Waals surface area contributed by atoms with E-state index in [1.54, 1.807) is 7.11 Å². The molecule has 0 spiro atoms. The van der Waals surface area contributed by atoms with Gasteiger partial charge in [0, 0.05) is 19.6 Å². The lowest BCUT2D eigenvalue weighted by molar-refractivity contribution is -0.139. The Morgan fingerprint density at radius 2 is 1.57 bits per heavy atom. The highest BCUT2D eigenvalue weighted by Crippen LogP contribution is 2.11. The Hall–Kier alpha value is -2.08. The third-order valence-electron chi connectivity index (χ3n) is 3.67. The van der Waals surface area contributed by atoms with Crippen LogP contribution in [0.15, 0.2) is 24.3 Å². The summed E-state index contributed by atoms with van der Waals surface area (Å²) in [6.07, 6.45) is 0.669. The minimum absolute atomic E-state index is 0.425. The van der Waals surface area contributed by atoms with Crippen LogP contribution in [-0.2, 0) is 16.0 Å². The molecule has 23 heavy (non-hydrogen) atoms. The third kappa shape index (κ3) is 7.15. The smallest absolute Gasteiger partial charge is 0.309 e. The van der Waals surface area contributed by atoms with Crippen LogP contribution in [0.1, 0.15) is 19.4 Å². The molecule has 0 unspecified atom stereocenters. The van der Waals surface area contributed by atoms with Crippen LogP contribution in [0.3, 0.4) is 0 Å². The SMILES string of the molecule is CCN(CC)CCNC(=O)C(=O)NCCc1ccc(OC)cc1. The summed E-state index contributed by atoms with van der Waals surface area (Å²) in [5.74, 6) is -0.365. The number of carbonyl (C=O) groups is 2. The molecule has 0 aliphatic carbocycles. The molecule has 0 saturated heterocycles. The molecule has 2 amide bonds. The zero-order chi connectivity index (χ0) is 17.1. The van der Waals surface area contributed by atoms with Crippen molar-refractivity contribution in [1.82, 2.24) is 15.5 Å². The molecule has 0 aromatic heterocycles. The standard InChI is InChI=1S/C17H27N3O3/c1-4-20(5-2)13-12-19-17(22)16(21)18-11-10-14-6-8-15(23-3)9-7-14/h6-9H,4-5,10-13H2,1-3H3,(H,18,21)(H,19,22). The number of rotatable bonds is 9. The van der Waals surface area contributed by atoms with Crippen molar-refractivity contribution in [3.8, 4) is 5.75 Å². The van der Waals surface area contributed by atoms with E-state index in [0.717, 1.165) is 30.9 Å². The molecule has 0 radical (unpaired) electrons. The molecule has 0 bridgehead atoms. The Morgan fingerprint density at radius 3 is 2.09 bits per heavy atom. The molecule has 6 heteroatoms. The second-order valence-electron chi connectivity index (χ2n) is 5.14. The molecule has 1 aromatic rings. The number of nitrogens with zero attached hydrogens (tertiary/aromatic N) is 1. The van der Waals surface area contributed by atoms with E-state index in [1.807, 2.05) is 24.3 Å². The maximum atomic E-state index is 11.7. The number of ether oxygens (including phenoxy) is 1. The summed E-state index contributed by atoms with van der Waals surface area (Å²) < 4.78 is 5.09. The first-order valence-electron chi connectivity index (χ1n) is 8.02. The second-order valence-corrected chi connectivity index (χ2v) is 5.14. The maximum absolute atomic E-state index is 11.7. The quantitative estimate of drug-likeness (QED) is 0.661. The van der Waals surface area contributed by atoms with Crippen LogP contribution in [0, 0.1) is 0 Å². The van der Waals surface area contributed by atoms with Gasteiger partial charge in [-0.2, -0.15) is 0 Å². The van der Waals surface area contributed by atoms with E-state index in [4.69, 9.17) is 4.74 Å². The van der Waals surface area contributed by atoms with Crippen LogP contribution < -0.4 is 15.4 Å². The Morgan fingerprint density at radius 1 is 1.00 bits per heavy atom. The summed E-state index contributed by atoms with van der Waals surface area (Å²) in [6.45, 7) is 7.65. The van der Waals surface area contributed by atoms with E-state index in [2.05, 4.69) is 29.4 Å². The van der Waals surface area contributed by atoms with Gasteiger partial charge in [-0.15, -0.1) is 0 Å². The van der Waals surface area contributed by atoms with Crippen LogP contribution in [-0.4, -0.2) is 56.5 Å². The van der Waals surface area contributed by atoms with E-state index < -0.39 is 11.8 Å². The largest absolute Gasteiger partial charge is 0.497 e. The average molecular weight is 321 g/mol. The van der Waals surface area contributed by atoms with Crippen LogP contribution in [0.2, 0.25) is 0 Å². The Balaban J connectivity index is 2.23. The number of likely N-dealkylation sites (N-methyl/N-ethyl adjacent to an activating group) is 1. The lowest BCUT2D eigenvalue weighted by atomic mass is 10.1. The third-order valence-corrected chi connectivity index (χ3v) is 3.67. The summed E-state index contributed by atoms with van der Waals surface area (Å²) >= 11 is 0. The van der Waals surface area contributed by atoms with Crippen molar-refractivity contribution in [3.05, 3.63) is 29.8 Å². The first-order chi connectivity index (χ1) is 11.1. The van der Waals surface area contributed by atoms with Crippen LogP contribution in [0.5, 0.6) is 5.75 Å². The van der Waals surface area contributed by atoms with Gasteiger partial charge < -0.3 is 20.3 Å². The van der Waals surface area contributed by atoms with Crippen LogP contribution >= 0.6 is 0 Å². The topological polar surface area (TPSA) is 70.7 Å². The summed E-state index contributed by atoms with van der Waals surface area (Å²) in [6, 6.07) is 7.62. The van der Waals surface area contributed by atoms with Gasteiger partial charge in [0.2, 0.25) is 0 Å². The maximum Gasteiger partial charge on any atom is 0.309 e. The molecule has 0 aliphatic heterocycles. The van der Waals surface area contributed by atoms with E-state index in [0.29, 0.717) is 19.5 Å². The van der Waals surface area contributed by atoms with E-state index in [-0.39, 0.29) is 0 Å². The summed E-state index contributed by atoms with van der Waals surface area (Å²) in [7, 11) is 1.62.